The summed E-state index contributed by atoms with van der Waals surface area (Å²) in [6, 6.07) is 61.6. The van der Waals surface area contributed by atoms with Crippen molar-refractivity contribution in [3.8, 4) is 0 Å². The van der Waals surface area contributed by atoms with Gasteiger partial charge in [-0.15, -0.1) is 20.5 Å². The van der Waals surface area contributed by atoms with Crippen LogP contribution in [0.2, 0.25) is 0 Å². The average Bonchev–Trinajstić information content (AvgIpc) is 3.61. The van der Waals surface area contributed by atoms with E-state index in [1.807, 2.05) is 60.7 Å². The van der Waals surface area contributed by atoms with Crippen molar-refractivity contribution in [3.05, 3.63) is 247 Å². The SMILES string of the molecule is C[C@H](NC(=O)OCc1ccccc1)C(=O)Nc1ccccc1N=Nc1cccc(N=Nc2ccccc2NC(=O)c2cccc(C(=O)Nc3ccccc3N=Nc3cccc(N=Nc4ccccc4NC(=O)[C@H](C)NC(=O)OCc4ccccc4)c3)n2)c1. The topological polar surface area (TPSA) is 305 Å². The molecular weight excluding hydrogens is 1120 g/mol. The van der Waals surface area contributed by atoms with Crippen LogP contribution < -0.4 is 31.9 Å². The number of rotatable bonds is 22. The molecule has 0 bridgehead atoms. The maximum atomic E-state index is 13.7. The molecule has 2 atom stereocenters. The van der Waals surface area contributed by atoms with Gasteiger partial charge in [-0.3, -0.25) is 19.2 Å². The summed E-state index contributed by atoms with van der Waals surface area (Å²) in [6.07, 6.45) is -1.48. The van der Waals surface area contributed by atoms with Crippen LogP contribution in [0.1, 0.15) is 46.0 Å². The Morgan fingerprint density at radius 1 is 0.352 bits per heavy atom. The number of nitrogens with one attached hydrogen (secondary N) is 6. The van der Waals surface area contributed by atoms with Crippen molar-refractivity contribution >= 4 is 104 Å². The van der Waals surface area contributed by atoms with Gasteiger partial charge in [0.05, 0.1) is 45.5 Å². The van der Waals surface area contributed by atoms with Crippen LogP contribution in [0.25, 0.3) is 0 Å². The summed E-state index contributed by atoms with van der Waals surface area (Å²) >= 11 is 0. The minimum atomic E-state index is -0.930. The fraction of sp³-hybridized carbons (Fsp3) is 0.0923. The lowest BCUT2D eigenvalue weighted by molar-refractivity contribution is -0.118. The first-order chi connectivity index (χ1) is 42.9. The van der Waals surface area contributed by atoms with Crippen LogP contribution in [0.3, 0.4) is 0 Å². The van der Waals surface area contributed by atoms with Crippen LogP contribution in [-0.2, 0) is 32.3 Å². The number of carbonyl (C=O) groups excluding carboxylic acids is 6. The smallest absolute Gasteiger partial charge is 0.408 e. The van der Waals surface area contributed by atoms with Crippen molar-refractivity contribution in [2.24, 2.45) is 40.9 Å². The first kappa shape index (κ1) is 60.3. The summed E-state index contributed by atoms with van der Waals surface area (Å²) < 4.78 is 10.5. The molecule has 0 radical (unpaired) electrons. The fourth-order valence-electron chi connectivity index (χ4n) is 7.90. The molecule has 0 fully saturated rings. The molecule has 0 saturated carbocycles. The van der Waals surface area contributed by atoms with E-state index in [9.17, 15) is 28.8 Å². The zero-order valence-electron chi connectivity index (χ0n) is 47.2. The van der Waals surface area contributed by atoms with Gasteiger partial charge in [0.2, 0.25) is 11.8 Å². The van der Waals surface area contributed by atoms with Gasteiger partial charge in [-0.2, -0.15) is 20.5 Å². The maximum Gasteiger partial charge on any atom is 0.408 e. The summed E-state index contributed by atoms with van der Waals surface area (Å²) in [5.41, 5.74) is 5.90. The summed E-state index contributed by atoms with van der Waals surface area (Å²) in [6.45, 7) is 3.17. The van der Waals surface area contributed by atoms with E-state index in [4.69, 9.17) is 9.47 Å². The lowest BCUT2D eigenvalue weighted by Gasteiger charge is -2.15. The van der Waals surface area contributed by atoms with Crippen molar-refractivity contribution < 1.29 is 38.2 Å². The standard InChI is InChI=1S/C65H55N15O8/c1-42(66-64(85)87-40-44-20-5-3-6-21-44)60(81)69-50-28-9-13-32-54(50)77-73-46-24-17-26-48(38-46)75-79-56-34-15-11-30-52(56)71-62(83)58-36-19-37-59(68-58)63(84)72-53-31-12-16-35-57(53)80-76-49-27-18-25-47(39-49)74-78-55-33-14-10-29-51(55)70-61(82)43(2)67-65(86)88-41-45-22-7-4-8-23-45/h3-39,42-43H,40-41H2,1-2H3,(H,66,85)(H,67,86)(H,69,81)(H,70,82)(H,71,83)(H,72,84)/t42-,43-/m0/s1. The number of azo groups is 4. The van der Waals surface area contributed by atoms with Gasteiger partial charge in [-0.25, -0.2) is 14.6 Å². The second-order valence-electron chi connectivity index (χ2n) is 19.1. The number of hydrogen-bond donors (Lipinski definition) is 6. The highest BCUT2D eigenvalue weighted by atomic mass is 16.6. The molecule has 6 N–H and O–H groups in total. The zero-order chi connectivity index (χ0) is 61.5. The van der Waals surface area contributed by atoms with Crippen LogP contribution in [0.5, 0.6) is 0 Å². The predicted octanol–water partition coefficient (Wildman–Crippen LogP) is 15.8. The monoisotopic (exact) mass is 1170 g/mol. The number of amides is 6. The number of alkyl carbamates (subject to hydrolysis) is 2. The Labute approximate surface area is 504 Å². The molecule has 0 spiro atoms. The van der Waals surface area contributed by atoms with Crippen LogP contribution >= 0.6 is 0 Å². The van der Waals surface area contributed by atoms with Gasteiger partial charge < -0.3 is 41.4 Å². The summed E-state index contributed by atoms with van der Waals surface area (Å²) in [5, 5.41) is 51.3. The van der Waals surface area contributed by atoms with Crippen LogP contribution in [0.15, 0.2) is 265 Å². The Hall–Kier alpha value is -12.3. The van der Waals surface area contributed by atoms with Gasteiger partial charge in [0, 0.05) is 0 Å². The van der Waals surface area contributed by atoms with E-state index in [1.165, 1.54) is 32.0 Å². The molecule has 0 aliphatic rings. The number of nitrogens with zero attached hydrogens (tertiary/aromatic N) is 9. The molecule has 0 aliphatic carbocycles. The minimum Gasteiger partial charge on any atom is -0.445 e. The van der Waals surface area contributed by atoms with E-state index in [2.05, 4.69) is 77.8 Å². The third-order valence-electron chi connectivity index (χ3n) is 12.5. The number of hydrogen-bond acceptors (Lipinski definition) is 17. The Balaban J connectivity index is 0.777. The first-order valence-corrected chi connectivity index (χ1v) is 27.3. The van der Waals surface area contributed by atoms with Crippen molar-refractivity contribution in [2.75, 3.05) is 21.3 Å². The number of carbonyl (C=O) groups is 6. The highest BCUT2D eigenvalue weighted by Crippen LogP contribution is 2.33. The van der Waals surface area contributed by atoms with Gasteiger partial charge in [0.25, 0.3) is 11.8 Å². The van der Waals surface area contributed by atoms with Gasteiger partial charge in [-0.1, -0.05) is 127 Å². The molecule has 9 aromatic rings. The first-order valence-electron chi connectivity index (χ1n) is 27.3. The summed E-state index contributed by atoms with van der Waals surface area (Å²) in [4.78, 5) is 82.6. The van der Waals surface area contributed by atoms with Gasteiger partial charge in [0.15, 0.2) is 0 Å². The Bertz CT molecular complexity index is 3830. The molecule has 6 amide bonds. The molecule has 23 heteroatoms. The van der Waals surface area contributed by atoms with Gasteiger partial charge in [0.1, 0.15) is 59.4 Å². The molecular formula is C65H55N15O8. The lowest BCUT2D eigenvalue weighted by Crippen LogP contribution is -2.41. The third kappa shape index (κ3) is 17.9. The van der Waals surface area contributed by atoms with Gasteiger partial charge >= 0.3 is 12.2 Å². The Morgan fingerprint density at radius 3 is 0.989 bits per heavy atom. The normalized spacial score (nSPS) is 11.8. The van der Waals surface area contributed by atoms with E-state index in [0.717, 1.165) is 11.1 Å². The Morgan fingerprint density at radius 2 is 0.648 bits per heavy atom. The molecule has 0 aliphatic heterocycles. The predicted molar refractivity (Wildman–Crippen MR) is 331 cm³/mol. The van der Waals surface area contributed by atoms with E-state index in [1.54, 1.807) is 146 Å². The van der Waals surface area contributed by atoms with Crippen molar-refractivity contribution in [2.45, 2.75) is 39.1 Å². The molecule has 23 nitrogen and oxygen atoms in total. The third-order valence-corrected chi connectivity index (χ3v) is 12.5. The molecule has 438 valence electrons. The number of anilines is 4. The molecule has 8 aromatic carbocycles. The highest BCUT2D eigenvalue weighted by Gasteiger charge is 2.21. The fourth-order valence-corrected chi connectivity index (χ4v) is 7.90. The van der Waals surface area contributed by atoms with Crippen molar-refractivity contribution in [1.29, 1.82) is 0 Å². The van der Waals surface area contributed by atoms with E-state index in [-0.39, 0.29) is 24.6 Å². The minimum absolute atomic E-state index is 0.0527. The van der Waals surface area contributed by atoms with Crippen LogP contribution in [0.4, 0.5) is 77.8 Å². The number of ether oxygens (including phenoxy) is 2. The average molecular weight is 1170 g/mol. The number of benzene rings is 8. The maximum absolute atomic E-state index is 13.7. The zero-order valence-corrected chi connectivity index (χ0v) is 47.2. The summed E-state index contributed by atoms with van der Waals surface area (Å²) in [7, 11) is 0. The highest BCUT2D eigenvalue weighted by molar-refractivity contribution is 6.07. The van der Waals surface area contributed by atoms with Crippen LogP contribution in [0, 0.1) is 0 Å². The molecule has 1 heterocycles. The van der Waals surface area contributed by atoms with Crippen molar-refractivity contribution in [3.63, 3.8) is 0 Å². The summed E-state index contributed by atoms with van der Waals surface area (Å²) in [5.74, 6) is -2.23. The van der Waals surface area contributed by atoms with E-state index in [0.29, 0.717) is 68.2 Å². The second-order valence-corrected chi connectivity index (χ2v) is 19.1. The van der Waals surface area contributed by atoms with Gasteiger partial charge in [-0.05, 0) is 122 Å². The van der Waals surface area contributed by atoms with Crippen LogP contribution in [-0.4, -0.2) is 52.9 Å². The number of para-hydroxylation sites is 4. The second kappa shape index (κ2) is 30.3. The van der Waals surface area contributed by atoms with Crippen molar-refractivity contribution in [1.82, 2.24) is 15.6 Å². The number of aromatic nitrogens is 1. The largest absolute Gasteiger partial charge is 0.445 e. The Kier molecular flexibility index (Phi) is 20.8. The molecule has 0 saturated heterocycles. The molecule has 9 rings (SSSR count). The number of pyridine rings is 1. The van der Waals surface area contributed by atoms with E-state index < -0.39 is 47.9 Å². The quantitative estimate of drug-likeness (QED) is 0.0351. The lowest BCUT2D eigenvalue weighted by atomic mass is 10.2. The molecule has 1 aromatic heterocycles. The van der Waals surface area contributed by atoms with E-state index >= 15 is 0 Å². The molecule has 0 unspecified atom stereocenters. The molecule has 88 heavy (non-hydrogen) atoms.